The number of carbonyl (C=O) groups is 1. The zero-order chi connectivity index (χ0) is 18.6. The van der Waals surface area contributed by atoms with Crippen LogP contribution in [0.2, 0.25) is 0 Å². The molecule has 6 nitrogen and oxygen atoms in total. The van der Waals surface area contributed by atoms with Crippen LogP contribution < -0.4 is 10.5 Å². The van der Waals surface area contributed by atoms with Gasteiger partial charge in [-0.2, -0.15) is 0 Å². The molecule has 2 aromatic carbocycles. The molecule has 8 heteroatoms. The van der Waals surface area contributed by atoms with Gasteiger partial charge in [0.25, 0.3) is 10.0 Å². The monoisotopic (exact) mass is 406 g/mol. The van der Waals surface area contributed by atoms with Gasteiger partial charge in [-0.3, -0.25) is 4.79 Å². The Balaban J connectivity index is 0.00000210. The lowest BCUT2D eigenvalue weighted by Gasteiger charge is -2.19. The molecule has 0 saturated carbocycles. The Morgan fingerprint density at radius 3 is 2.44 bits per heavy atom. The maximum atomic E-state index is 13.2. The molecule has 0 fully saturated rings. The van der Waals surface area contributed by atoms with Crippen molar-refractivity contribution in [2.24, 2.45) is 5.73 Å². The van der Waals surface area contributed by atoms with Gasteiger partial charge in [-0.15, -0.1) is 12.4 Å². The second-order valence-corrected chi connectivity index (χ2v) is 8.29. The van der Waals surface area contributed by atoms with E-state index < -0.39 is 16.1 Å². The molecule has 0 bridgehead atoms. The fourth-order valence-corrected chi connectivity index (χ4v) is 4.85. The van der Waals surface area contributed by atoms with E-state index in [4.69, 9.17) is 10.5 Å². The predicted molar refractivity (Wildman–Crippen MR) is 106 cm³/mol. The Kier molecular flexibility index (Phi) is 4.80. The van der Waals surface area contributed by atoms with Gasteiger partial charge in [-0.05, 0) is 43.2 Å². The number of aromatic nitrogens is 1. The van der Waals surface area contributed by atoms with Gasteiger partial charge in [0.2, 0.25) is 0 Å². The lowest BCUT2D eigenvalue weighted by molar-refractivity contribution is 0.0956. The summed E-state index contributed by atoms with van der Waals surface area (Å²) in [5, 5.41) is 0.603. The number of Topliss-reactive ketones (excluding diaryl/α,β-unsaturated/α-hetero) is 1. The highest BCUT2D eigenvalue weighted by molar-refractivity contribution is 7.90. The van der Waals surface area contributed by atoms with Crippen LogP contribution in [0.15, 0.2) is 47.5 Å². The summed E-state index contributed by atoms with van der Waals surface area (Å²) in [6, 6.07) is 9.24. The first-order valence-electron chi connectivity index (χ1n) is 8.17. The van der Waals surface area contributed by atoms with Crippen LogP contribution in [0, 0.1) is 6.92 Å². The van der Waals surface area contributed by atoms with E-state index in [-0.39, 0.29) is 23.1 Å². The maximum absolute atomic E-state index is 13.2. The maximum Gasteiger partial charge on any atom is 0.268 e. The molecule has 27 heavy (non-hydrogen) atoms. The summed E-state index contributed by atoms with van der Waals surface area (Å²) in [5.41, 5.74) is 8.50. The predicted octanol–water partition coefficient (Wildman–Crippen LogP) is 2.68. The molecule has 0 radical (unpaired) electrons. The van der Waals surface area contributed by atoms with E-state index in [1.165, 1.54) is 11.1 Å². The van der Waals surface area contributed by atoms with Crippen molar-refractivity contribution in [1.29, 1.82) is 0 Å². The fraction of sp³-hybridized carbons (Fsp3) is 0.211. The highest BCUT2D eigenvalue weighted by Gasteiger charge is 2.33. The van der Waals surface area contributed by atoms with Gasteiger partial charge >= 0.3 is 0 Å². The zero-order valence-corrected chi connectivity index (χ0v) is 16.4. The van der Waals surface area contributed by atoms with Crippen molar-refractivity contribution < 1.29 is 17.9 Å². The number of nitrogens with two attached hydrogens (primary N) is 1. The molecule has 1 aliphatic rings. The van der Waals surface area contributed by atoms with Crippen LogP contribution in [0.25, 0.3) is 10.9 Å². The summed E-state index contributed by atoms with van der Waals surface area (Å²) >= 11 is 0. The first-order chi connectivity index (χ1) is 12.3. The Bertz CT molecular complexity index is 1150. The molecule has 4 rings (SSSR count). The highest BCUT2D eigenvalue weighted by Crippen LogP contribution is 2.38. The Morgan fingerprint density at radius 1 is 1.15 bits per heavy atom. The van der Waals surface area contributed by atoms with E-state index in [0.29, 0.717) is 28.6 Å². The molecule has 1 atom stereocenters. The molecule has 1 heterocycles. The molecule has 1 unspecified atom stereocenters. The van der Waals surface area contributed by atoms with Gasteiger partial charge in [0, 0.05) is 11.6 Å². The van der Waals surface area contributed by atoms with Crippen molar-refractivity contribution in [3.8, 4) is 5.75 Å². The SMILES string of the molecule is COc1ccc2c3c(cn2S(=O)(=O)c2ccc(C)cc2)CC(N)C(=O)c13.Cl. The number of nitrogens with zero attached hydrogens (tertiary/aromatic N) is 1. The van der Waals surface area contributed by atoms with Crippen LogP contribution in [0.5, 0.6) is 5.75 Å². The molecule has 3 aromatic rings. The van der Waals surface area contributed by atoms with Crippen LogP contribution in [-0.2, 0) is 16.4 Å². The van der Waals surface area contributed by atoms with Crippen molar-refractivity contribution in [2.45, 2.75) is 24.3 Å². The lowest BCUT2D eigenvalue weighted by atomic mass is 9.88. The molecule has 0 amide bonds. The van der Waals surface area contributed by atoms with E-state index in [0.717, 1.165) is 11.1 Å². The number of aryl methyl sites for hydroxylation is 1. The summed E-state index contributed by atoms with van der Waals surface area (Å²) in [6.07, 6.45) is 1.86. The number of carbonyl (C=O) groups excluding carboxylic acids is 1. The second-order valence-electron chi connectivity index (χ2n) is 6.48. The third-order valence-corrected chi connectivity index (χ3v) is 6.49. The largest absolute Gasteiger partial charge is 0.496 e. The first-order valence-corrected chi connectivity index (χ1v) is 9.61. The molecule has 2 N–H and O–H groups in total. The van der Waals surface area contributed by atoms with Crippen molar-refractivity contribution >= 4 is 39.1 Å². The first kappa shape index (κ1) is 19.4. The summed E-state index contributed by atoms with van der Waals surface area (Å²) in [6.45, 7) is 1.90. The van der Waals surface area contributed by atoms with Crippen LogP contribution >= 0.6 is 12.4 Å². The Morgan fingerprint density at radius 2 is 1.81 bits per heavy atom. The molecule has 0 spiro atoms. The third kappa shape index (κ3) is 2.82. The van der Waals surface area contributed by atoms with Crippen molar-refractivity contribution in [3.63, 3.8) is 0 Å². The van der Waals surface area contributed by atoms with Crippen LogP contribution in [-0.4, -0.2) is 31.3 Å². The minimum Gasteiger partial charge on any atom is -0.496 e. The summed E-state index contributed by atoms with van der Waals surface area (Å²) < 4.78 is 32.8. The van der Waals surface area contributed by atoms with Gasteiger partial charge in [0.15, 0.2) is 5.78 Å². The van der Waals surface area contributed by atoms with Gasteiger partial charge in [-0.1, -0.05) is 17.7 Å². The third-order valence-electron chi connectivity index (χ3n) is 4.80. The number of ether oxygens (including phenoxy) is 1. The minimum absolute atomic E-state index is 0. The average molecular weight is 407 g/mol. The highest BCUT2D eigenvalue weighted by atomic mass is 35.5. The fourth-order valence-electron chi connectivity index (χ4n) is 3.46. The molecular formula is C19H19ClN2O4S. The number of hydrogen-bond acceptors (Lipinski definition) is 5. The number of halogens is 1. The van der Waals surface area contributed by atoms with Crippen molar-refractivity contribution in [3.05, 3.63) is 59.3 Å². The second kappa shape index (κ2) is 6.67. The minimum atomic E-state index is -3.79. The van der Waals surface area contributed by atoms with Gasteiger partial charge < -0.3 is 10.5 Å². The van der Waals surface area contributed by atoms with Gasteiger partial charge in [0.1, 0.15) is 5.75 Å². The number of hydrogen-bond donors (Lipinski definition) is 1. The van der Waals surface area contributed by atoms with Crippen molar-refractivity contribution in [1.82, 2.24) is 3.97 Å². The molecule has 0 saturated heterocycles. The van der Waals surface area contributed by atoms with E-state index in [1.54, 1.807) is 42.6 Å². The van der Waals surface area contributed by atoms with Crippen LogP contribution in [0.3, 0.4) is 0 Å². The summed E-state index contributed by atoms with van der Waals surface area (Å²) in [5.74, 6) is 0.176. The summed E-state index contributed by atoms with van der Waals surface area (Å²) in [7, 11) is -2.31. The number of methoxy groups -OCH3 is 1. The van der Waals surface area contributed by atoms with E-state index >= 15 is 0 Å². The normalized spacial score (nSPS) is 16.3. The molecule has 1 aliphatic carbocycles. The molecule has 142 valence electrons. The van der Waals surface area contributed by atoms with Crippen LogP contribution in [0.4, 0.5) is 0 Å². The van der Waals surface area contributed by atoms with Gasteiger partial charge in [0.05, 0.1) is 29.1 Å². The quantitative estimate of drug-likeness (QED) is 0.722. The number of ketones is 1. The Hall–Kier alpha value is -2.35. The van der Waals surface area contributed by atoms with E-state index in [9.17, 15) is 13.2 Å². The van der Waals surface area contributed by atoms with E-state index in [1.807, 2.05) is 6.92 Å². The molecular weight excluding hydrogens is 388 g/mol. The van der Waals surface area contributed by atoms with Gasteiger partial charge in [-0.25, -0.2) is 12.4 Å². The standard InChI is InChI=1S/C19H18N2O4S.ClH/c1-11-3-5-13(6-4-11)26(23,24)21-10-12-9-14(20)19(22)18-16(25-2)8-7-15(21)17(12)18;/h3-8,10,14H,9,20H2,1-2H3;1H. The average Bonchev–Trinajstić information content (AvgIpc) is 2.99. The van der Waals surface area contributed by atoms with Crippen LogP contribution in [0.1, 0.15) is 21.5 Å². The van der Waals surface area contributed by atoms with E-state index in [2.05, 4.69) is 0 Å². The molecule has 0 aliphatic heterocycles. The molecule has 1 aromatic heterocycles. The smallest absolute Gasteiger partial charge is 0.268 e. The van der Waals surface area contributed by atoms with Crippen molar-refractivity contribution in [2.75, 3.05) is 7.11 Å². The summed E-state index contributed by atoms with van der Waals surface area (Å²) in [4.78, 5) is 12.8. The lowest BCUT2D eigenvalue weighted by Crippen LogP contribution is -2.35. The topological polar surface area (TPSA) is 91.4 Å². The Labute approximate surface area is 163 Å². The zero-order valence-electron chi connectivity index (χ0n) is 14.8. The number of rotatable bonds is 3. The number of benzene rings is 2.